The van der Waals surface area contributed by atoms with Crippen molar-refractivity contribution in [3.8, 4) is 0 Å². The quantitative estimate of drug-likeness (QED) is 0.420. The van der Waals surface area contributed by atoms with E-state index in [1.54, 1.807) is 47.8 Å². The van der Waals surface area contributed by atoms with Crippen LogP contribution in [0.1, 0.15) is 28.6 Å². The number of carbonyl (C=O) groups excluding carboxylic acids is 2. The zero-order valence-corrected chi connectivity index (χ0v) is 19.2. The molecule has 1 amide bonds. The molecule has 0 spiro atoms. The van der Waals surface area contributed by atoms with Crippen molar-refractivity contribution in [2.75, 3.05) is 39.4 Å². The largest absolute Gasteiger partial charge is 0.507 e. The number of carbonyl (C=O) groups is 2. The molecular formula is C23H27ClN4O4. The number of ether oxygens (including phenoxy) is 1. The van der Waals surface area contributed by atoms with Gasteiger partial charge in [-0.2, -0.15) is 5.10 Å². The lowest BCUT2D eigenvalue weighted by Gasteiger charge is -2.31. The molecule has 0 aliphatic carbocycles. The van der Waals surface area contributed by atoms with E-state index in [-0.39, 0.29) is 11.3 Å². The molecule has 1 atom stereocenters. The van der Waals surface area contributed by atoms with Crippen LogP contribution in [0.3, 0.4) is 0 Å². The molecular weight excluding hydrogens is 432 g/mol. The van der Waals surface area contributed by atoms with Gasteiger partial charge in [0.15, 0.2) is 0 Å². The first-order valence-electron chi connectivity index (χ1n) is 10.6. The Kier molecular flexibility index (Phi) is 6.37. The van der Waals surface area contributed by atoms with E-state index in [1.165, 1.54) is 0 Å². The van der Waals surface area contributed by atoms with E-state index in [1.807, 2.05) is 6.92 Å². The number of rotatable bonds is 5. The van der Waals surface area contributed by atoms with Gasteiger partial charge in [0.2, 0.25) is 0 Å². The normalized spacial score (nSPS) is 21.5. The van der Waals surface area contributed by atoms with Gasteiger partial charge in [0.25, 0.3) is 11.7 Å². The number of benzene rings is 1. The van der Waals surface area contributed by atoms with E-state index in [9.17, 15) is 14.7 Å². The molecule has 8 nitrogen and oxygen atoms in total. The van der Waals surface area contributed by atoms with E-state index in [2.05, 4.69) is 10.00 Å². The molecule has 2 saturated heterocycles. The standard InChI is InChI=1S/C23H27ClN4O4/c1-14-18(15(2)26(3)25-14)21(29)19-20(16-4-6-17(24)7-5-16)28(23(31)22(19)30)9-8-27-10-12-32-13-11-27/h4-7,20,29H,8-13H2,1-3H3/t20-/m0/s1. The first-order chi connectivity index (χ1) is 15.3. The third-order valence-electron chi connectivity index (χ3n) is 6.23. The van der Waals surface area contributed by atoms with Crippen molar-refractivity contribution >= 4 is 29.1 Å². The number of aromatic nitrogens is 2. The van der Waals surface area contributed by atoms with E-state index < -0.39 is 17.7 Å². The predicted molar refractivity (Wildman–Crippen MR) is 120 cm³/mol. The molecule has 3 heterocycles. The number of amides is 1. The van der Waals surface area contributed by atoms with Gasteiger partial charge in [-0.25, -0.2) is 0 Å². The summed E-state index contributed by atoms with van der Waals surface area (Å²) in [6.07, 6.45) is 0. The van der Waals surface area contributed by atoms with Crippen molar-refractivity contribution < 1.29 is 19.4 Å². The molecule has 0 saturated carbocycles. The summed E-state index contributed by atoms with van der Waals surface area (Å²) in [7, 11) is 1.77. The number of Topliss-reactive ketones (excluding diaryl/α,β-unsaturated/α-hetero) is 1. The minimum atomic E-state index is -0.702. The number of hydrogen-bond donors (Lipinski definition) is 1. The highest BCUT2D eigenvalue weighted by molar-refractivity contribution is 6.46. The number of aliphatic hydroxyl groups excluding tert-OH is 1. The summed E-state index contributed by atoms with van der Waals surface area (Å²) in [5.41, 5.74) is 2.60. The number of likely N-dealkylation sites (tertiary alicyclic amines) is 1. The highest BCUT2D eigenvalue weighted by Crippen LogP contribution is 2.40. The zero-order chi connectivity index (χ0) is 23.0. The molecule has 2 aliphatic rings. The smallest absolute Gasteiger partial charge is 0.295 e. The SMILES string of the molecule is Cc1nn(C)c(C)c1C(O)=C1C(=O)C(=O)N(CCN2CCOCC2)[C@H]1c1ccc(Cl)cc1. The van der Waals surface area contributed by atoms with Crippen LogP contribution in [0.25, 0.3) is 5.76 Å². The summed E-state index contributed by atoms with van der Waals surface area (Å²) in [5.74, 6) is -1.49. The van der Waals surface area contributed by atoms with Gasteiger partial charge in [-0.15, -0.1) is 0 Å². The van der Waals surface area contributed by atoms with Gasteiger partial charge in [0.05, 0.1) is 36.1 Å². The van der Waals surface area contributed by atoms with Crippen molar-refractivity contribution in [1.82, 2.24) is 19.6 Å². The second-order valence-corrected chi connectivity index (χ2v) is 8.60. The van der Waals surface area contributed by atoms with Crippen LogP contribution in [0, 0.1) is 13.8 Å². The van der Waals surface area contributed by atoms with Gasteiger partial charge in [-0.3, -0.25) is 19.2 Å². The van der Waals surface area contributed by atoms with Crippen molar-refractivity contribution in [2.45, 2.75) is 19.9 Å². The third kappa shape index (κ3) is 4.05. The average molecular weight is 459 g/mol. The first kappa shape index (κ1) is 22.5. The number of ketones is 1. The van der Waals surface area contributed by atoms with Gasteiger partial charge in [0, 0.05) is 43.9 Å². The Bertz CT molecular complexity index is 1070. The maximum Gasteiger partial charge on any atom is 0.295 e. The van der Waals surface area contributed by atoms with Crippen molar-refractivity contribution in [3.05, 3.63) is 57.4 Å². The highest BCUT2D eigenvalue weighted by atomic mass is 35.5. The van der Waals surface area contributed by atoms with Crippen LogP contribution in [-0.4, -0.2) is 75.8 Å². The molecule has 1 aromatic heterocycles. The molecule has 4 rings (SSSR count). The van der Waals surface area contributed by atoms with Crippen molar-refractivity contribution in [3.63, 3.8) is 0 Å². The van der Waals surface area contributed by atoms with E-state index in [4.69, 9.17) is 16.3 Å². The number of aliphatic hydroxyl groups is 1. The van der Waals surface area contributed by atoms with Crippen LogP contribution in [0.5, 0.6) is 0 Å². The average Bonchev–Trinajstić information content (AvgIpc) is 3.18. The Hall–Kier alpha value is -2.68. The molecule has 0 unspecified atom stereocenters. The van der Waals surface area contributed by atoms with Gasteiger partial charge in [0.1, 0.15) is 5.76 Å². The van der Waals surface area contributed by atoms with Crippen LogP contribution >= 0.6 is 11.6 Å². The molecule has 32 heavy (non-hydrogen) atoms. The molecule has 0 radical (unpaired) electrons. The summed E-state index contributed by atoms with van der Waals surface area (Å²) in [6.45, 7) is 7.44. The fraction of sp³-hybridized carbons (Fsp3) is 0.435. The zero-order valence-electron chi connectivity index (χ0n) is 18.5. The Labute approximate surface area is 192 Å². The predicted octanol–water partition coefficient (Wildman–Crippen LogP) is 2.44. The third-order valence-corrected chi connectivity index (χ3v) is 6.48. The Morgan fingerprint density at radius 2 is 1.81 bits per heavy atom. The molecule has 2 aliphatic heterocycles. The maximum atomic E-state index is 13.2. The summed E-state index contributed by atoms with van der Waals surface area (Å²) < 4.78 is 7.04. The molecule has 170 valence electrons. The highest BCUT2D eigenvalue weighted by Gasteiger charge is 2.46. The van der Waals surface area contributed by atoms with Gasteiger partial charge in [-0.1, -0.05) is 23.7 Å². The van der Waals surface area contributed by atoms with Crippen LogP contribution in [0.15, 0.2) is 29.8 Å². The van der Waals surface area contributed by atoms with E-state index in [0.717, 1.165) is 24.3 Å². The van der Waals surface area contributed by atoms with Crippen molar-refractivity contribution in [1.29, 1.82) is 0 Å². The number of aryl methyl sites for hydroxylation is 2. The number of hydrogen-bond acceptors (Lipinski definition) is 6. The maximum absolute atomic E-state index is 13.2. The summed E-state index contributed by atoms with van der Waals surface area (Å²) in [5, 5.41) is 16.2. The second kappa shape index (κ2) is 9.05. The number of halogens is 1. The van der Waals surface area contributed by atoms with Crippen LogP contribution in [-0.2, 0) is 21.4 Å². The minimum absolute atomic E-state index is 0.0819. The molecule has 1 aromatic carbocycles. The minimum Gasteiger partial charge on any atom is -0.507 e. The topological polar surface area (TPSA) is 87.9 Å². The fourth-order valence-corrected chi connectivity index (χ4v) is 4.55. The van der Waals surface area contributed by atoms with E-state index >= 15 is 0 Å². The number of morpholine rings is 1. The Balaban J connectivity index is 1.77. The molecule has 1 N–H and O–H groups in total. The number of nitrogens with zero attached hydrogens (tertiary/aromatic N) is 4. The lowest BCUT2D eigenvalue weighted by atomic mass is 9.94. The summed E-state index contributed by atoms with van der Waals surface area (Å²) >= 11 is 6.08. The van der Waals surface area contributed by atoms with Crippen LogP contribution in [0.2, 0.25) is 5.02 Å². The Morgan fingerprint density at radius 1 is 1.16 bits per heavy atom. The Morgan fingerprint density at radius 3 is 2.41 bits per heavy atom. The van der Waals surface area contributed by atoms with E-state index in [0.29, 0.717) is 42.6 Å². The molecule has 0 bridgehead atoms. The summed E-state index contributed by atoms with van der Waals surface area (Å²) in [6, 6.07) is 6.32. The molecule has 2 aromatic rings. The van der Waals surface area contributed by atoms with Gasteiger partial charge >= 0.3 is 0 Å². The molecule has 2 fully saturated rings. The van der Waals surface area contributed by atoms with Crippen LogP contribution in [0.4, 0.5) is 0 Å². The second-order valence-electron chi connectivity index (χ2n) is 8.17. The van der Waals surface area contributed by atoms with Crippen molar-refractivity contribution in [2.24, 2.45) is 7.05 Å². The lowest BCUT2D eigenvalue weighted by molar-refractivity contribution is -0.140. The first-order valence-corrected chi connectivity index (χ1v) is 11.0. The fourth-order valence-electron chi connectivity index (χ4n) is 4.43. The van der Waals surface area contributed by atoms with Gasteiger partial charge < -0.3 is 14.7 Å². The van der Waals surface area contributed by atoms with Gasteiger partial charge in [-0.05, 0) is 31.5 Å². The summed E-state index contributed by atoms with van der Waals surface area (Å²) in [4.78, 5) is 30.0. The molecule has 9 heteroatoms. The van der Waals surface area contributed by atoms with Crippen LogP contribution < -0.4 is 0 Å². The lowest BCUT2D eigenvalue weighted by Crippen LogP contribution is -2.42. The monoisotopic (exact) mass is 458 g/mol.